The van der Waals surface area contributed by atoms with Gasteiger partial charge in [-0.1, -0.05) is 94.7 Å². The molecule has 0 fully saturated rings. The molecule has 3 nitrogen and oxygen atoms in total. The first-order valence-electron chi connectivity index (χ1n) is 16.0. The van der Waals surface area contributed by atoms with Crippen LogP contribution in [0.3, 0.4) is 0 Å². The molecule has 3 heteroatoms. The summed E-state index contributed by atoms with van der Waals surface area (Å²) in [4.78, 5) is 38.4. The fraction of sp³-hybridized carbons (Fsp3) is 0.553. The monoisotopic (exact) mass is 556 g/mol. The van der Waals surface area contributed by atoms with E-state index in [1.165, 1.54) is 35.6 Å². The number of benzene rings is 1. The maximum Gasteiger partial charge on any atom is 0.163 e. The number of hydrogen-bond acceptors (Lipinski definition) is 3. The highest BCUT2D eigenvalue weighted by Crippen LogP contribution is 2.39. The zero-order valence-electron chi connectivity index (χ0n) is 26.4. The molecule has 0 amide bonds. The standard InChI is InChI=1S/C38H52O3/c1-7-13-32(33(8-2)36(40)22-28(6)39)23-30-24-35-34(21-17-27(5)38(35)37(41)25-30)31-15-12-10-9-11-14-29(19-20-31)18-16-26(3)4/h9-12,17,19-21,26,30,32-33H,7-8,13-16,18,22-25H2,1-6H3. The molecule has 3 unspecified atom stereocenters. The zero-order valence-corrected chi connectivity index (χ0v) is 26.4. The van der Waals surface area contributed by atoms with Gasteiger partial charge in [-0.2, -0.15) is 0 Å². The predicted octanol–water partition coefficient (Wildman–Crippen LogP) is 9.77. The lowest BCUT2D eigenvalue weighted by atomic mass is 9.71. The second-order valence-electron chi connectivity index (χ2n) is 12.8. The average Bonchev–Trinajstić information content (AvgIpc) is 2.91. The van der Waals surface area contributed by atoms with Crippen molar-refractivity contribution in [2.75, 3.05) is 0 Å². The summed E-state index contributed by atoms with van der Waals surface area (Å²) < 4.78 is 0. The molecule has 0 N–H and O–H groups in total. The predicted molar refractivity (Wildman–Crippen MR) is 172 cm³/mol. The first-order valence-corrected chi connectivity index (χ1v) is 16.0. The molecule has 1 aromatic rings. The molecular weight excluding hydrogens is 504 g/mol. The summed E-state index contributed by atoms with van der Waals surface area (Å²) in [5, 5.41) is 0. The Morgan fingerprint density at radius 2 is 1.71 bits per heavy atom. The molecule has 0 aromatic heterocycles. The lowest BCUT2D eigenvalue weighted by Crippen LogP contribution is -2.30. The molecule has 0 saturated heterocycles. The Morgan fingerprint density at radius 1 is 0.976 bits per heavy atom. The Kier molecular flexibility index (Phi) is 12.8. The van der Waals surface area contributed by atoms with Gasteiger partial charge in [0.25, 0.3) is 0 Å². The largest absolute Gasteiger partial charge is 0.300 e. The minimum absolute atomic E-state index is 0.0258. The van der Waals surface area contributed by atoms with Crippen molar-refractivity contribution in [3.63, 3.8) is 0 Å². The van der Waals surface area contributed by atoms with E-state index in [1.54, 1.807) is 0 Å². The van der Waals surface area contributed by atoms with Gasteiger partial charge in [-0.15, -0.1) is 0 Å². The maximum absolute atomic E-state index is 13.7. The van der Waals surface area contributed by atoms with Gasteiger partial charge in [0.05, 0.1) is 6.42 Å². The lowest BCUT2D eigenvalue weighted by molar-refractivity contribution is -0.129. The maximum atomic E-state index is 13.7. The second-order valence-corrected chi connectivity index (χ2v) is 12.8. The molecule has 222 valence electrons. The van der Waals surface area contributed by atoms with Crippen molar-refractivity contribution in [2.24, 2.45) is 23.7 Å². The van der Waals surface area contributed by atoms with Crippen LogP contribution >= 0.6 is 0 Å². The molecule has 2 aliphatic carbocycles. The van der Waals surface area contributed by atoms with Gasteiger partial charge in [0.15, 0.2) is 5.78 Å². The SMILES string of the molecule is CCCC(CC1CC(=O)c2c(C)ccc(C3=CC=C(CCC(C)C)CC=CC=CC3)c2C1)C(CC)C(=O)CC(C)=O. The van der Waals surface area contributed by atoms with Gasteiger partial charge in [-0.05, 0) is 98.8 Å². The first kappa shape index (κ1) is 32.7. The van der Waals surface area contributed by atoms with Crippen molar-refractivity contribution < 1.29 is 14.4 Å². The molecule has 0 saturated carbocycles. The van der Waals surface area contributed by atoms with Crippen molar-refractivity contribution in [3.8, 4) is 0 Å². The molecule has 0 bridgehead atoms. The number of aryl methyl sites for hydroxylation is 1. The first-order chi connectivity index (χ1) is 19.6. The number of hydrogen-bond donors (Lipinski definition) is 0. The normalized spacial score (nSPS) is 18.9. The van der Waals surface area contributed by atoms with E-state index in [1.807, 2.05) is 0 Å². The highest BCUT2D eigenvalue weighted by molar-refractivity contribution is 6.01. The van der Waals surface area contributed by atoms with Crippen LogP contribution in [0.4, 0.5) is 0 Å². The fourth-order valence-corrected chi connectivity index (χ4v) is 6.83. The number of allylic oxidation sites excluding steroid dienone is 8. The van der Waals surface area contributed by atoms with Gasteiger partial charge in [-0.25, -0.2) is 0 Å². The van der Waals surface area contributed by atoms with Crippen LogP contribution < -0.4 is 0 Å². The fourth-order valence-electron chi connectivity index (χ4n) is 6.83. The summed E-state index contributed by atoms with van der Waals surface area (Å²) in [6.07, 6.45) is 22.4. The van der Waals surface area contributed by atoms with Crippen LogP contribution in [0.5, 0.6) is 0 Å². The van der Waals surface area contributed by atoms with Crippen LogP contribution in [-0.4, -0.2) is 17.3 Å². The molecule has 0 radical (unpaired) electrons. The summed E-state index contributed by atoms with van der Waals surface area (Å²) in [5.41, 5.74) is 7.07. The zero-order chi connectivity index (χ0) is 29.9. The topological polar surface area (TPSA) is 51.2 Å². The number of Topliss-reactive ketones (excluding diaryl/α,β-unsaturated/α-hetero) is 3. The molecule has 0 aliphatic heterocycles. The van der Waals surface area contributed by atoms with Gasteiger partial charge in [0.1, 0.15) is 11.6 Å². The number of carbonyl (C=O) groups is 3. The van der Waals surface area contributed by atoms with Gasteiger partial charge >= 0.3 is 0 Å². The van der Waals surface area contributed by atoms with Crippen LogP contribution in [0.1, 0.15) is 126 Å². The minimum Gasteiger partial charge on any atom is -0.300 e. The smallest absolute Gasteiger partial charge is 0.163 e. The molecular formula is C38H52O3. The van der Waals surface area contributed by atoms with E-state index in [0.29, 0.717) is 12.3 Å². The Morgan fingerprint density at radius 3 is 2.37 bits per heavy atom. The van der Waals surface area contributed by atoms with Gasteiger partial charge in [0.2, 0.25) is 0 Å². The third-order valence-corrected chi connectivity index (χ3v) is 8.92. The Labute approximate surface area is 249 Å². The summed E-state index contributed by atoms with van der Waals surface area (Å²) >= 11 is 0. The van der Waals surface area contributed by atoms with Crippen LogP contribution in [0.15, 0.2) is 54.2 Å². The van der Waals surface area contributed by atoms with Crippen LogP contribution in [-0.2, 0) is 16.0 Å². The van der Waals surface area contributed by atoms with E-state index in [0.717, 1.165) is 62.5 Å². The van der Waals surface area contributed by atoms with Crippen LogP contribution in [0, 0.1) is 30.6 Å². The van der Waals surface area contributed by atoms with Crippen molar-refractivity contribution in [2.45, 2.75) is 112 Å². The van der Waals surface area contributed by atoms with Crippen molar-refractivity contribution in [1.82, 2.24) is 0 Å². The van der Waals surface area contributed by atoms with Crippen molar-refractivity contribution >= 4 is 22.9 Å². The van der Waals surface area contributed by atoms with Crippen molar-refractivity contribution in [1.29, 1.82) is 0 Å². The van der Waals surface area contributed by atoms with Gasteiger partial charge in [0, 0.05) is 17.9 Å². The third kappa shape index (κ3) is 9.35. The molecule has 41 heavy (non-hydrogen) atoms. The molecule has 0 heterocycles. The Bertz CT molecular complexity index is 1210. The molecule has 2 aliphatic rings. The Hall–Kier alpha value is -2.81. The number of carbonyl (C=O) groups excluding carboxylic acids is 3. The number of fused-ring (bicyclic) bond motifs is 1. The van der Waals surface area contributed by atoms with Gasteiger partial charge < -0.3 is 0 Å². The van der Waals surface area contributed by atoms with E-state index >= 15 is 0 Å². The van der Waals surface area contributed by atoms with Crippen LogP contribution in [0.2, 0.25) is 0 Å². The van der Waals surface area contributed by atoms with E-state index in [4.69, 9.17) is 0 Å². The number of ketones is 3. The number of rotatable bonds is 13. The molecule has 3 rings (SSSR count). The minimum atomic E-state index is -0.110. The van der Waals surface area contributed by atoms with E-state index in [-0.39, 0.29) is 41.5 Å². The molecule has 3 atom stereocenters. The van der Waals surface area contributed by atoms with E-state index in [2.05, 4.69) is 83.2 Å². The van der Waals surface area contributed by atoms with E-state index < -0.39 is 0 Å². The van der Waals surface area contributed by atoms with E-state index in [9.17, 15) is 14.4 Å². The van der Waals surface area contributed by atoms with Crippen LogP contribution in [0.25, 0.3) is 5.57 Å². The highest BCUT2D eigenvalue weighted by atomic mass is 16.1. The third-order valence-electron chi connectivity index (χ3n) is 8.92. The van der Waals surface area contributed by atoms with Gasteiger partial charge in [-0.3, -0.25) is 14.4 Å². The summed E-state index contributed by atoms with van der Waals surface area (Å²) in [7, 11) is 0. The van der Waals surface area contributed by atoms with Crippen molar-refractivity contribution in [3.05, 3.63) is 76.4 Å². The molecule has 0 spiro atoms. The quantitative estimate of drug-likeness (QED) is 0.227. The summed E-state index contributed by atoms with van der Waals surface area (Å²) in [6, 6.07) is 4.34. The average molecular weight is 557 g/mol. The molecule has 1 aromatic carbocycles. The Balaban J connectivity index is 1.96. The summed E-state index contributed by atoms with van der Waals surface area (Å²) in [5.74, 6) is 1.23. The highest BCUT2D eigenvalue weighted by Gasteiger charge is 2.34. The lowest BCUT2D eigenvalue weighted by Gasteiger charge is -2.33. The second kappa shape index (κ2) is 16.0. The summed E-state index contributed by atoms with van der Waals surface area (Å²) in [6.45, 7) is 12.3.